The first-order valence-corrected chi connectivity index (χ1v) is 7.80. The first-order chi connectivity index (χ1) is 11.5. The number of halogens is 2. The number of hydroxylamine groups is 1. The maximum absolute atomic E-state index is 11.0. The fraction of sp³-hybridized carbons (Fsp3) is 0. The van der Waals surface area contributed by atoms with Crippen LogP contribution in [0.4, 0.5) is 0 Å². The standard InChI is InChI=1S/C19H15Cl2NO2/c1-13(15-7-9-17(20)10-8-15)2-5-16-6-3-14(12-18(16)21)4-11-19(23)22-24/h2-12,24H,1H2,(H,22,23)/b5-2+,11-4+. The molecule has 0 saturated carbocycles. The van der Waals surface area contributed by atoms with Crippen LogP contribution in [0, 0.1) is 0 Å². The number of amides is 1. The van der Waals surface area contributed by atoms with E-state index in [0.717, 1.165) is 22.3 Å². The lowest BCUT2D eigenvalue weighted by Crippen LogP contribution is -2.14. The van der Waals surface area contributed by atoms with Gasteiger partial charge in [-0.15, -0.1) is 0 Å². The Bertz CT molecular complexity index is 809. The van der Waals surface area contributed by atoms with Gasteiger partial charge >= 0.3 is 0 Å². The molecule has 0 bridgehead atoms. The molecule has 1 amide bonds. The highest BCUT2D eigenvalue weighted by atomic mass is 35.5. The van der Waals surface area contributed by atoms with Crippen LogP contribution in [0.1, 0.15) is 16.7 Å². The number of nitrogens with one attached hydrogen (secondary N) is 1. The largest absolute Gasteiger partial charge is 0.288 e. The van der Waals surface area contributed by atoms with Crippen LogP contribution >= 0.6 is 23.2 Å². The second-order valence-electron chi connectivity index (χ2n) is 4.96. The Labute approximate surface area is 150 Å². The van der Waals surface area contributed by atoms with Crippen LogP contribution in [-0.4, -0.2) is 11.1 Å². The van der Waals surface area contributed by atoms with E-state index in [1.807, 2.05) is 48.6 Å². The highest BCUT2D eigenvalue weighted by Crippen LogP contribution is 2.23. The Balaban J connectivity index is 2.12. The van der Waals surface area contributed by atoms with E-state index in [4.69, 9.17) is 28.4 Å². The minimum Gasteiger partial charge on any atom is -0.288 e. The number of rotatable bonds is 5. The first-order valence-electron chi connectivity index (χ1n) is 7.04. The lowest BCUT2D eigenvalue weighted by atomic mass is 10.1. The van der Waals surface area contributed by atoms with Gasteiger partial charge in [-0.2, -0.15) is 0 Å². The van der Waals surface area contributed by atoms with E-state index in [2.05, 4.69) is 6.58 Å². The van der Waals surface area contributed by atoms with Gasteiger partial charge in [-0.3, -0.25) is 10.0 Å². The van der Waals surface area contributed by atoms with Crippen molar-refractivity contribution in [1.29, 1.82) is 0 Å². The van der Waals surface area contributed by atoms with Crippen molar-refractivity contribution in [3.05, 3.63) is 87.9 Å². The second-order valence-corrected chi connectivity index (χ2v) is 5.80. The summed E-state index contributed by atoms with van der Waals surface area (Å²) in [6, 6.07) is 12.8. The summed E-state index contributed by atoms with van der Waals surface area (Å²) in [6.45, 7) is 4.02. The molecule has 2 N–H and O–H groups in total. The summed E-state index contributed by atoms with van der Waals surface area (Å²) < 4.78 is 0. The second kappa shape index (κ2) is 8.50. The summed E-state index contributed by atoms with van der Waals surface area (Å²) in [5, 5.41) is 9.66. The predicted octanol–water partition coefficient (Wildman–Crippen LogP) is 5.24. The van der Waals surface area contributed by atoms with Crippen LogP contribution < -0.4 is 5.48 Å². The Morgan fingerprint density at radius 1 is 1.04 bits per heavy atom. The van der Waals surface area contributed by atoms with E-state index in [9.17, 15) is 4.79 Å². The molecule has 2 rings (SSSR count). The molecule has 0 heterocycles. The average Bonchev–Trinajstić information content (AvgIpc) is 2.59. The van der Waals surface area contributed by atoms with Crippen LogP contribution in [0.5, 0.6) is 0 Å². The third-order valence-electron chi connectivity index (χ3n) is 3.24. The molecule has 0 saturated heterocycles. The molecule has 0 aliphatic rings. The molecular formula is C19H15Cl2NO2. The lowest BCUT2D eigenvalue weighted by molar-refractivity contribution is -0.124. The third kappa shape index (κ3) is 5.10. The molecule has 0 aliphatic heterocycles. The van der Waals surface area contributed by atoms with Crippen molar-refractivity contribution in [2.75, 3.05) is 0 Å². The van der Waals surface area contributed by atoms with E-state index in [1.54, 1.807) is 12.1 Å². The summed E-state index contributed by atoms with van der Waals surface area (Å²) in [4.78, 5) is 11.0. The summed E-state index contributed by atoms with van der Waals surface area (Å²) in [6.07, 6.45) is 6.51. The van der Waals surface area contributed by atoms with Crippen molar-refractivity contribution in [2.45, 2.75) is 0 Å². The highest BCUT2D eigenvalue weighted by Gasteiger charge is 2.00. The number of allylic oxidation sites excluding steroid dienone is 2. The van der Waals surface area contributed by atoms with Crippen LogP contribution in [0.25, 0.3) is 17.7 Å². The summed E-state index contributed by atoms with van der Waals surface area (Å²) >= 11 is 12.1. The van der Waals surface area contributed by atoms with Crippen molar-refractivity contribution >= 4 is 46.8 Å². The van der Waals surface area contributed by atoms with Gasteiger partial charge in [0.25, 0.3) is 5.91 Å². The molecule has 0 fully saturated rings. The minimum atomic E-state index is -0.602. The van der Waals surface area contributed by atoms with E-state index < -0.39 is 5.91 Å². The van der Waals surface area contributed by atoms with Crippen molar-refractivity contribution in [1.82, 2.24) is 5.48 Å². The zero-order chi connectivity index (χ0) is 17.5. The van der Waals surface area contributed by atoms with Gasteiger partial charge in [-0.05, 0) is 46.5 Å². The third-order valence-corrected chi connectivity index (χ3v) is 3.82. The normalized spacial score (nSPS) is 11.1. The highest BCUT2D eigenvalue weighted by molar-refractivity contribution is 6.32. The van der Waals surface area contributed by atoms with Gasteiger partial charge in [0, 0.05) is 16.1 Å². The van der Waals surface area contributed by atoms with Crippen LogP contribution in [-0.2, 0) is 4.79 Å². The minimum absolute atomic E-state index is 0.543. The van der Waals surface area contributed by atoms with Crippen molar-refractivity contribution in [3.63, 3.8) is 0 Å². The van der Waals surface area contributed by atoms with E-state index >= 15 is 0 Å². The quantitative estimate of drug-likeness (QED) is 0.332. The maximum Gasteiger partial charge on any atom is 0.267 e. The van der Waals surface area contributed by atoms with Crippen LogP contribution in [0.15, 0.2) is 61.2 Å². The number of carbonyl (C=O) groups excluding carboxylic acids is 1. The van der Waals surface area contributed by atoms with E-state index in [1.165, 1.54) is 11.6 Å². The van der Waals surface area contributed by atoms with Gasteiger partial charge in [0.2, 0.25) is 0 Å². The van der Waals surface area contributed by atoms with Crippen molar-refractivity contribution in [2.24, 2.45) is 0 Å². The Hall–Kier alpha value is -2.33. The monoisotopic (exact) mass is 359 g/mol. The molecule has 0 aromatic heterocycles. The topological polar surface area (TPSA) is 49.3 Å². The Morgan fingerprint density at radius 2 is 1.75 bits per heavy atom. The molecule has 5 heteroatoms. The molecule has 24 heavy (non-hydrogen) atoms. The van der Waals surface area contributed by atoms with Gasteiger partial charge < -0.3 is 0 Å². The van der Waals surface area contributed by atoms with Crippen molar-refractivity contribution < 1.29 is 10.0 Å². The van der Waals surface area contributed by atoms with Gasteiger partial charge in [0.05, 0.1) is 0 Å². The number of carbonyl (C=O) groups is 1. The van der Waals surface area contributed by atoms with Gasteiger partial charge in [0.1, 0.15) is 0 Å². The number of hydrogen-bond acceptors (Lipinski definition) is 2. The molecule has 0 atom stereocenters. The SMILES string of the molecule is C=C(/C=C/c1ccc(/C=C/C(=O)NO)cc1Cl)c1ccc(Cl)cc1. The Kier molecular flexibility index (Phi) is 6.38. The van der Waals surface area contributed by atoms with Crippen LogP contribution in [0.2, 0.25) is 10.0 Å². The maximum atomic E-state index is 11.0. The Morgan fingerprint density at radius 3 is 2.38 bits per heavy atom. The molecule has 0 unspecified atom stereocenters. The molecular weight excluding hydrogens is 345 g/mol. The number of benzene rings is 2. The number of hydrogen-bond donors (Lipinski definition) is 2. The zero-order valence-corrected chi connectivity index (χ0v) is 14.2. The average molecular weight is 360 g/mol. The molecule has 2 aromatic carbocycles. The molecule has 3 nitrogen and oxygen atoms in total. The van der Waals surface area contributed by atoms with Gasteiger partial charge in [0.15, 0.2) is 0 Å². The molecule has 0 radical (unpaired) electrons. The molecule has 0 aliphatic carbocycles. The smallest absolute Gasteiger partial charge is 0.267 e. The van der Waals surface area contributed by atoms with E-state index in [0.29, 0.717) is 10.0 Å². The molecule has 122 valence electrons. The van der Waals surface area contributed by atoms with Gasteiger partial charge in [-0.1, -0.05) is 66.2 Å². The predicted molar refractivity (Wildman–Crippen MR) is 99.9 cm³/mol. The lowest BCUT2D eigenvalue weighted by Gasteiger charge is -2.03. The van der Waals surface area contributed by atoms with E-state index in [-0.39, 0.29) is 0 Å². The first kappa shape index (κ1) is 18.0. The van der Waals surface area contributed by atoms with Crippen molar-refractivity contribution in [3.8, 4) is 0 Å². The van der Waals surface area contributed by atoms with Gasteiger partial charge in [-0.25, -0.2) is 5.48 Å². The summed E-state index contributed by atoms with van der Waals surface area (Å²) in [7, 11) is 0. The summed E-state index contributed by atoms with van der Waals surface area (Å²) in [5.41, 5.74) is 4.91. The zero-order valence-electron chi connectivity index (χ0n) is 12.7. The molecule has 0 spiro atoms. The molecule has 2 aromatic rings. The fourth-order valence-corrected chi connectivity index (χ4v) is 2.32. The summed E-state index contributed by atoms with van der Waals surface area (Å²) in [5.74, 6) is -0.602. The van der Waals surface area contributed by atoms with Crippen LogP contribution in [0.3, 0.4) is 0 Å². The fourth-order valence-electron chi connectivity index (χ4n) is 1.94.